The maximum Gasteiger partial charge on any atom is 0.204 e. The van der Waals surface area contributed by atoms with Crippen LogP contribution in [0.25, 0.3) is 11.0 Å². The number of aldehydes is 1. The Labute approximate surface area is 181 Å². The van der Waals surface area contributed by atoms with Gasteiger partial charge >= 0.3 is 0 Å². The number of aryl methyl sites for hydroxylation is 1. The van der Waals surface area contributed by atoms with E-state index in [4.69, 9.17) is 9.72 Å². The Kier molecular flexibility index (Phi) is 6.79. The van der Waals surface area contributed by atoms with Crippen LogP contribution in [0.15, 0.2) is 30.3 Å². The van der Waals surface area contributed by atoms with Crippen LogP contribution in [0.5, 0.6) is 5.75 Å². The van der Waals surface area contributed by atoms with Crippen LogP contribution in [-0.2, 0) is 11.3 Å². The molecule has 8 heteroatoms. The highest BCUT2D eigenvalue weighted by Crippen LogP contribution is 2.25. The van der Waals surface area contributed by atoms with Crippen molar-refractivity contribution in [3.8, 4) is 5.75 Å². The summed E-state index contributed by atoms with van der Waals surface area (Å²) in [5, 5.41) is 13.7. The number of hydrogen-bond donors (Lipinski definition) is 2. The minimum absolute atomic E-state index is 0.147. The van der Waals surface area contributed by atoms with Crippen LogP contribution in [-0.4, -0.2) is 70.2 Å². The van der Waals surface area contributed by atoms with E-state index in [2.05, 4.69) is 15.2 Å². The summed E-state index contributed by atoms with van der Waals surface area (Å²) >= 11 is 0. The van der Waals surface area contributed by atoms with Gasteiger partial charge in [0.05, 0.1) is 24.2 Å². The molecule has 4 rings (SSSR count). The second-order valence-electron chi connectivity index (χ2n) is 7.89. The first-order valence-electron chi connectivity index (χ1n) is 10.8. The number of anilines is 1. The summed E-state index contributed by atoms with van der Waals surface area (Å²) in [6.07, 6.45) is 2.89. The number of carbonyl (C=O) groups is 1. The molecule has 164 valence electrons. The zero-order chi connectivity index (χ0) is 21.6. The molecule has 0 unspecified atom stereocenters. The fourth-order valence-electron chi connectivity index (χ4n) is 3.90. The molecule has 1 saturated heterocycles. The number of imidazole rings is 1. The number of aromatic nitrogens is 3. The molecule has 1 aliphatic heterocycles. The summed E-state index contributed by atoms with van der Waals surface area (Å²) < 4.78 is 7.50. The lowest BCUT2D eigenvalue weighted by Gasteiger charge is -2.19. The Morgan fingerprint density at radius 1 is 1.19 bits per heavy atom. The van der Waals surface area contributed by atoms with Gasteiger partial charge in [-0.2, -0.15) is 0 Å². The second kappa shape index (κ2) is 9.89. The Morgan fingerprint density at radius 2 is 2.10 bits per heavy atom. The minimum Gasteiger partial charge on any atom is -0.506 e. The van der Waals surface area contributed by atoms with Crippen molar-refractivity contribution in [3.63, 3.8) is 0 Å². The van der Waals surface area contributed by atoms with Crippen LogP contribution >= 0.6 is 0 Å². The number of benzene rings is 1. The molecule has 3 aromatic rings. The summed E-state index contributed by atoms with van der Waals surface area (Å²) in [7, 11) is 0. The summed E-state index contributed by atoms with van der Waals surface area (Å²) in [4.78, 5) is 23.0. The van der Waals surface area contributed by atoms with Crippen LogP contribution < -0.4 is 5.32 Å². The van der Waals surface area contributed by atoms with Crippen molar-refractivity contribution in [1.29, 1.82) is 0 Å². The number of ether oxygens (including phenoxy) is 1. The molecule has 0 amide bonds. The molecule has 0 spiro atoms. The van der Waals surface area contributed by atoms with Gasteiger partial charge in [-0.15, -0.1) is 0 Å². The van der Waals surface area contributed by atoms with Crippen molar-refractivity contribution >= 4 is 23.3 Å². The molecule has 3 heterocycles. The predicted molar refractivity (Wildman–Crippen MR) is 120 cm³/mol. The monoisotopic (exact) mass is 423 g/mol. The van der Waals surface area contributed by atoms with E-state index in [0.29, 0.717) is 23.8 Å². The van der Waals surface area contributed by atoms with Gasteiger partial charge < -0.3 is 24.6 Å². The van der Waals surface area contributed by atoms with Crippen molar-refractivity contribution in [1.82, 2.24) is 19.4 Å². The molecule has 0 aliphatic carbocycles. The van der Waals surface area contributed by atoms with Crippen molar-refractivity contribution in [2.45, 2.75) is 26.3 Å². The molecule has 2 aromatic heterocycles. The van der Waals surface area contributed by atoms with Gasteiger partial charge in [0.25, 0.3) is 0 Å². The number of hydrogen-bond acceptors (Lipinski definition) is 7. The van der Waals surface area contributed by atoms with Gasteiger partial charge in [0.2, 0.25) is 5.95 Å². The molecule has 2 N–H and O–H groups in total. The fraction of sp³-hybridized carbons (Fsp3) is 0.435. The Balaban J connectivity index is 1.53. The Hall–Kier alpha value is -2.97. The van der Waals surface area contributed by atoms with E-state index in [1.54, 1.807) is 18.2 Å². The molecule has 1 fully saturated rings. The number of rotatable bonds is 8. The summed E-state index contributed by atoms with van der Waals surface area (Å²) in [5.74, 6) is 0.855. The van der Waals surface area contributed by atoms with E-state index in [0.717, 1.165) is 75.2 Å². The van der Waals surface area contributed by atoms with Crippen LogP contribution in [0.4, 0.5) is 5.95 Å². The zero-order valence-electron chi connectivity index (χ0n) is 17.9. The first-order chi connectivity index (χ1) is 15.1. The first-order valence-corrected chi connectivity index (χ1v) is 10.8. The fourth-order valence-corrected chi connectivity index (χ4v) is 3.90. The maximum absolute atomic E-state index is 11.3. The smallest absolute Gasteiger partial charge is 0.204 e. The molecule has 0 radical (unpaired) electrons. The summed E-state index contributed by atoms with van der Waals surface area (Å²) in [5.41, 5.74) is 3.62. The number of nitrogens with one attached hydrogen (secondary N) is 1. The maximum atomic E-state index is 11.3. The molecule has 0 atom stereocenters. The molecule has 31 heavy (non-hydrogen) atoms. The summed E-state index contributed by atoms with van der Waals surface area (Å²) in [6.45, 7) is 7.73. The molecular formula is C23H29N5O3. The van der Waals surface area contributed by atoms with Gasteiger partial charge in [0.1, 0.15) is 17.7 Å². The van der Waals surface area contributed by atoms with E-state index in [1.807, 2.05) is 23.6 Å². The standard InChI is InChI=1S/C23H29N5O3/c1-17-4-7-22(30)20(25-17)15-28-21-14-18(16-29)5-6-19(21)26-23(28)24-8-2-9-27-10-3-12-31-13-11-27/h4-7,14,16,30H,2-3,8-13,15H2,1H3,(H,24,26). The second-order valence-corrected chi connectivity index (χ2v) is 7.89. The van der Waals surface area contributed by atoms with E-state index >= 15 is 0 Å². The van der Waals surface area contributed by atoms with Gasteiger partial charge in [-0.1, -0.05) is 0 Å². The van der Waals surface area contributed by atoms with Crippen molar-refractivity contribution in [2.24, 2.45) is 0 Å². The predicted octanol–water partition coefficient (Wildman–Crippen LogP) is 2.83. The lowest BCUT2D eigenvalue weighted by molar-refractivity contribution is 0.112. The third-order valence-electron chi connectivity index (χ3n) is 5.55. The largest absolute Gasteiger partial charge is 0.506 e. The molecule has 1 aliphatic rings. The summed E-state index contributed by atoms with van der Waals surface area (Å²) in [6, 6.07) is 8.88. The zero-order valence-corrected chi connectivity index (χ0v) is 17.9. The highest BCUT2D eigenvalue weighted by molar-refractivity contribution is 5.86. The van der Waals surface area contributed by atoms with Crippen LogP contribution in [0.3, 0.4) is 0 Å². The number of pyridine rings is 1. The number of carbonyl (C=O) groups excluding carboxylic acids is 1. The highest BCUT2D eigenvalue weighted by atomic mass is 16.5. The van der Waals surface area contributed by atoms with Crippen LogP contribution in [0.2, 0.25) is 0 Å². The Morgan fingerprint density at radius 3 is 2.97 bits per heavy atom. The molecular weight excluding hydrogens is 394 g/mol. The molecule has 0 saturated carbocycles. The third kappa shape index (κ3) is 5.21. The normalized spacial score (nSPS) is 15.1. The quantitative estimate of drug-likeness (QED) is 0.425. The van der Waals surface area contributed by atoms with Gasteiger partial charge in [-0.25, -0.2) is 4.98 Å². The van der Waals surface area contributed by atoms with E-state index in [-0.39, 0.29) is 5.75 Å². The first kappa shape index (κ1) is 21.3. The number of aromatic hydroxyl groups is 1. The average Bonchev–Trinajstić information content (AvgIpc) is 2.92. The molecule has 1 aromatic carbocycles. The van der Waals surface area contributed by atoms with Gasteiger partial charge in [0.15, 0.2) is 0 Å². The van der Waals surface area contributed by atoms with Crippen molar-refractivity contribution < 1.29 is 14.6 Å². The SMILES string of the molecule is Cc1ccc(O)c(Cn2c(NCCCN3CCCOCC3)nc3ccc(C=O)cc32)n1. The van der Waals surface area contributed by atoms with Gasteiger partial charge in [-0.3, -0.25) is 9.78 Å². The van der Waals surface area contributed by atoms with E-state index < -0.39 is 0 Å². The van der Waals surface area contributed by atoms with E-state index in [1.165, 1.54) is 0 Å². The van der Waals surface area contributed by atoms with Crippen LogP contribution in [0, 0.1) is 6.92 Å². The highest BCUT2D eigenvalue weighted by Gasteiger charge is 2.15. The topological polar surface area (TPSA) is 92.5 Å². The van der Waals surface area contributed by atoms with Crippen molar-refractivity contribution in [2.75, 3.05) is 44.7 Å². The van der Waals surface area contributed by atoms with Gasteiger partial charge in [-0.05, 0) is 56.6 Å². The molecule has 0 bridgehead atoms. The number of fused-ring (bicyclic) bond motifs is 1. The van der Waals surface area contributed by atoms with Crippen molar-refractivity contribution in [3.05, 3.63) is 47.3 Å². The average molecular weight is 424 g/mol. The molecule has 8 nitrogen and oxygen atoms in total. The Bertz CT molecular complexity index is 1040. The van der Waals surface area contributed by atoms with Gasteiger partial charge in [0, 0.05) is 37.5 Å². The minimum atomic E-state index is 0.147. The van der Waals surface area contributed by atoms with E-state index in [9.17, 15) is 9.90 Å². The third-order valence-corrected chi connectivity index (χ3v) is 5.55. The number of nitrogens with zero attached hydrogens (tertiary/aromatic N) is 4. The van der Waals surface area contributed by atoms with Crippen LogP contribution in [0.1, 0.15) is 34.6 Å². The lowest BCUT2D eigenvalue weighted by Crippen LogP contribution is -2.28. The lowest BCUT2D eigenvalue weighted by atomic mass is 10.2.